The summed E-state index contributed by atoms with van der Waals surface area (Å²) in [6.45, 7) is 1.40. The highest BCUT2D eigenvalue weighted by Crippen LogP contribution is 2.24. The SMILES string of the molecule is COc1ccc(Cc2ccccc2)cc1/C=C/c1ccc2c(c1)CC[N+](CCC(=O)O)=C2. The fourth-order valence-electron chi connectivity index (χ4n) is 4.05. The zero-order valence-corrected chi connectivity index (χ0v) is 18.3. The van der Waals surface area contributed by atoms with Crippen LogP contribution in [0.4, 0.5) is 0 Å². The van der Waals surface area contributed by atoms with Crippen LogP contribution < -0.4 is 4.74 Å². The lowest BCUT2D eigenvalue weighted by Crippen LogP contribution is -2.25. The molecule has 4 heteroatoms. The Labute approximate surface area is 189 Å². The van der Waals surface area contributed by atoms with Crippen molar-refractivity contribution < 1.29 is 19.2 Å². The van der Waals surface area contributed by atoms with Gasteiger partial charge in [0.25, 0.3) is 0 Å². The molecule has 1 aliphatic heterocycles. The third-order valence-corrected chi connectivity index (χ3v) is 5.77. The summed E-state index contributed by atoms with van der Waals surface area (Å²) in [5.74, 6) is 0.103. The van der Waals surface area contributed by atoms with Crippen molar-refractivity contribution in [3.63, 3.8) is 0 Å². The van der Waals surface area contributed by atoms with Gasteiger partial charge in [-0.1, -0.05) is 60.7 Å². The number of fused-ring (bicyclic) bond motifs is 1. The summed E-state index contributed by atoms with van der Waals surface area (Å²) in [5, 5.41) is 8.90. The average molecular weight is 427 g/mol. The van der Waals surface area contributed by atoms with E-state index in [2.05, 4.69) is 77.5 Å². The van der Waals surface area contributed by atoms with Gasteiger partial charge in [0, 0.05) is 17.5 Å². The number of rotatable bonds is 8. The van der Waals surface area contributed by atoms with E-state index in [1.165, 1.54) is 22.3 Å². The molecule has 3 aromatic rings. The second-order valence-electron chi connectivity index (χ2n) is 8.09. The molecule has 0 unspecified atom stereocenters. The Kier molecular flexibility index (Phi) is 6.81. The molecule has 1 N–H and O–H groups in total. The number of aliphatic carboxylic acids is 1. The lowest BCUT2D eigenvalue weighted by molar-refractivity contribution is -0.523. The summed E-state index contributed by atoms with van der Waals surface area (Å²) >= 11 is 0. The molecule has 4 nitrogen and oxygen atoms in total. The van der Waals surface area contributed by atoms with Crippen LogP contribution in [0.1, 0.15) is 39.8 Å². The van der Waals surface area contributed by atoms with Crippen molar-refractivity contribution in [2.75, 3.05) is 20.2 Å². The first kappa shape index (κ1) is 21.6. The van der Waals surface area contributed by atoms with Crippen LogP contribution in [0.3, 0.4) is 0 Å². The highest BCUT2D eigenvalue weighted by molar-refractivity contribution is 5.81. The molecule has 0 radical (unpaired) electrons. The molecule has 0 saturated carbocycles. The van der Waals surface area contributed by atoms with Crippen LogP contribution in [0.25, 0.3) is 12.2 Å². The maximum Gasteiger partial charge on any atom is 0.309 e. The fourth-order valence-corrected chi connectivity index (χ4v) is 4.05. The van der Waals surface area contributed by atoms with E-state index in [4.69, 9.17) is 9.84 Å². The minimum absolute atomic E-state index is 0.165. The highest BCUT2D eigenvalue weighted by Gasteiger charge is 2.16. The predicted molar refractivity (Wildman–Crippen MR) is 129 cm³/mol. The Hall–Kier alpha value is -3.66. The molecule has 1 aliphatic rings. The van der Waals surface area contributed by atoms with Crippen molar-refractivity contribution in [1.82, 2.24) is 0 Å². The van der Waals surface area contributed by atoms with E-state index in [9.17, 15) is 4.79 Å². The van der Waals surface area contributed by atoms with E-state index >= 15 is 0 Å². The van der Waals surface area contributed by atoms with Crippen LogP contribution in [0.5, 0.6) is 5.75 Å². The first-order valence-corrected chi connectivity index (χ1v) is 10.9. The molecule has 32 heavy (non-hydrogen) atoms. The topological polar surface area (TPSA) is 49.5 Å². The molecular formula is C28H28NO3+. The minimum atomic E-state index is -0.757. The molecule has 0 bridgehead atoms. The third kappa shape index (κ3) is 5.52. The minimum Gasteiger partial charge on any atom is -0.496 e. The molecule has 0 fully saturated rings. The summed E-state index contributed by atoms with van der Waals surface area (Å²) in [5.41, 5.74) is 7.20. The number of carboxylic acid groups (broad SMARTS) is 1. The van der Waals surface area contributed by atoms with Gasteiger partial charge in [0.1, 0.15) is 18.7 Å². The van der Waals surface area contributed by atoms with Crippen LogP contribution in [-0.2, 0) is 17.6 Å². The van der Waals surface area contributed by atoms with Crippen molar-refractivity contribution >= 4 is 24.3 Å². The zero-order valence-electron chi connectivity index (χ0n) is 18.3. The maximum absolute atomic E-state index is 10.8. The lowest BCUT2D eigenvalue weighted by Gasteiger charge is -2.13. The molecule has 0 amide bonds. The van der Waals surface area contributed by atoms with Gasteiger partial charge in [0.05, 0.1) is 7.11 Å². The van der Waals surface area contributed by atoms with Gasteiger partial charge in [-0.15, -0.1) is 0 Å². The third-order valence-electron chi connectivity index (χ3n) is 5.77. The normalized spacial score (nSPS) is 13.0. The zero-order chi connectivity index (χ0) is 22.3. The van der Waals surface area contributed by atoms with Gasteiger partial charge < -0.3 is 9.84 Å². The number of hydrogen-bond donors (Lipinski definition) is 1. The Morgan fingerprint density at radius 3 is 2.66 bits per heavy atom. The van der Waals surface area contributed by atoms with E-state index < -0.39 is 5.97 Å². The molecule has 162 valence electrons. The second kappa shape index (κ2) is 10.1. The smallest absolute Gasteiger partial charge is 0.309 e. The predicted octanol–water partition coefficient (Wildman–Crippen LogP) is 4.92. The van der Waals surface area contributed by atoms with Crippen LogP contribution in [0.15, 0.2) is 66.7 Å². The number of nitrogens with zero attached hydrogens (tertiary/aromatic N) is 1. The summed E-state index contributed by atoms with van der Waals surface area (Å²) in [7, 11) is 1.70. The molecular weight excluding hydrogens is 398 g/mol. The van der Waals surface area contributed by atoms with Gasteiger partial charge in [-0.05, 0) is 46.9 Å². The quantitative estimate of drug-likeness (QED) is 0.411. The maximum atomic E-state index is 10.8. The molecule has 3 aromatic carbocycles. The number of ether oxygens (including phenoxy) is 1. The van der Waals surface area contributed by atoms with E-state index in [1.807, 2.05) is 12.1 Å². The molecule has 0 aliphatic carbocycles. The highest BCUT2D eigenvalue weighted by atomic mass is 16.5. The van der Waals surface area contributed by atoms with Crippen molar-refractivity contribution in [3.05, 3.63) is 100 Å². The fraction of sp³-hybridized carbons (Fsp3) is 0.214. The largest absolute Gasteiger partial charge is 0.496 e. The monoisotopic (exact) mass is 426 g/mol. The van der Waals surface area contributed by atoms with E-state index in [0.717, 1.165) is 36.3 Å². The van der Waals surface area contributed by atoms with E-state index in [0.29, 0.717) is 6.54 Å². The first-order valence-electron chi connectivity index (χ1n) is 10.9. The van der Waals surface area contributed by atoms with E-state index in [-0.39, 0.29) is 6.42 Å². The summed E-state index contributed by atoms with van der Waals surface area (Å²) in [6.07, 6.45) is 8.28. The Morgan fingerprint density at radius 1 is 1.03 bits per heavy atom. The van der Waals surface area contributed by atoms with E-state index in [1.54, 1.807) is 7.11 Å². The number of methoxy groups -OCH3 is 1. The Bertz CT molecular complexity index is 1160. The Balaban J connectivity index is 1.52. The van der Waals surface area contributed by atoms with Gasteiger partial charge in [-0.25, -0.2) is 4.58 Å². The molecule has 1 heterocycles. The standard InChI is InChI=1S/C28H27NO3/c1-32-27-12-9-23(17-21-5-3-2-4-6-21)19-25(27)10-7-22-8-11-26-20-29(16-14-28(30)31)15-13-24(26)18-22/h2-12,18-20H,13-17H2,1H3/p+1/b10-7+. The molecule has 0 atom stereocenters. The molecule has 4 rings (SSSR count). The van der Waals surface area contributed by atoms with Gasteiger partial charge in [0.15, 0.2) is 12.8 Å². The average Bonchev–Trinajstić information content (AvgIpc) is 2.82. The summed E-state index contributed by atoms with van der Waals surface area (Å²) in [6, 6.07) is 23.2. The van der Waals surface area contributed by atoms with Gasteiger partial charge >= 0.3 is 5.97 Å². The summed E-state index contributed by atoms with van der Waals surface area (Å²) < 4.78 is 7.67. The van der Waals surface area contributed by atoms with Crippen molar-refractivity contribution in [3.8, 4) is 5.75 Å². The van der Waals surface area contributed by atoms with Gasteiger partial charge in [0.2, 0.25) is 0 Å². The lowest BCUT2D eigenvalue weighted by atomic mass is 9.98. The first-order chi connectivity index (χ1) is 15.6. The molecule has 0 saturated heterocycles. The number of benzene rings is 3. The van der Waals surface area contributed by atoms with Gasteiger partial charge in [-0.3, -0.25) is 4.79 Å². The number of carboxylic acids is 1. The van der Waals surface area contributed by atoms with Crippen LogP contribution in [0.2, 0.25) is 0 Å². The van der Waals surface area contributed by atoms with Crippen molar-refractivity contribution in [2.45, 2.75) is 19.3 Å². The Morgan fingerprint density at radius 2 is 1.88 bits per heavy atom. The van der Waals surface area contributed by atoms with Gasteiger partial charge in [-0.2, -0.15) is 0 Å². The van der Waals surface area contributed by atoms with Crippen molar-refractivity contribution in [1.29, 1.82) is 0 Å². The van der Waals surface area contributed by atoms with Crippen LogP contribution >= 0.6 is 0 Å². The number of hydrogen-bond acceptors (Lipinski definition) is 2. The van der Waals surface area contributed by atoms with Crippen molar-refractivity contribution in [2.24, 2.45) is 0 Å². The van der Waals surface area contributed by atoms with Crippen LogP contribution in [-0.4, -0.2) is 42.1 Å². The molecule has 0 aromatic heterocycles. The molecule has 0 spiro atoms. The van der Waals surface area contributed by atoms with Crippen LogP contribution in [0, 0.1) is 0 Å². The number of carbonyl (C=O) groups is 1. The summed E-state index contributed by atoms with van der Waals surface area (Å²) in [4.78, 5) is 10.8. The second-order valence-corrected chi connectivity index (χ2v) is 8.09.